The van der Waals surface area contributed by atoms with E-state index in [1.54, 1.807) is 0 Å². The first-order chi connectivity index (χ1) is 10.7. The number of terminal acetylenes is 1. The van der Waals surface area contributed by atoms with Crippen LogP contribution in [-0.2, 0) is 11.3 Å². The number of carbonyl (C=O) groups excluding carboxylic acids is 2. The molecule has 1 aliphatic carbocycles. The summed E-state index contributed by atoms with van der Waals surface area (Å²) in [4.78, 5) is 24.4. The van der Waals surface area contributed by atoms with E-state index in [4.69, 9.17) is 6.42 Å². The summed E-state index contributed by atoms with van der Waals surface area (Å²) in [5.74, 6) is 2.18. The number of hydrogen-bond acceptors (Lipinski definition) is 2. The molecule has 0 aliphatic heterocycles. The predicted molar refractivity (Wildman–Crippen MR) is 84.9 cm³/mol. The molecule has 5 heteroatoms. The van der Waals surface area contributed by atoms with Gasteiger partial charge in [0, 0.05) is 6.54 Å². The Labute approximate surface area is 130 Å². The van der Waals surface area contributed by atoms with E-state index < -0.39 is 5.54 Å². The summed E-state index contributed by atoms with van der Waals surface area (Å²) in [5.41, 5.74) is 0.173. The van der Waals surface area contributed by atoms with Crippen molar-refractivity contribution in [3.05, 3.63) is 35.9 Å². The maximum Gasteiger partial charge on any atom is 0.315 e. The van der Waals surface area contributed by atoms with Crippen molar-refractivity contribution in [2.45, 2.75) is 37.8 Å². The Morgan fingerprint density at radius 1 is 1.14 bits per heavy atom. The van der Waals surface area contributed by atoms with Crippen molar-refractivity contribution in [1.29, 1.82) is 0 Å². The third-order valence-electron chi connectivity index (χ3n) is 3.89. The summed E-state index contributed by atoms with van der Waals surface area (Å²) < 4.78 is 0. The summed E-state index contributed by atoms with van der Waals surface area (Å²) >= 11 is 0. The van der Waals surface area contributed by atoms with Gasteiger partial charge < -0.3 is 16.0 Å². The van der Waals surface area contributed by atoms with E-state index in [0.717, 1.165) is 18.4 Å². The number of nitrogens with one attached hydrogen (secondary N) is 3. The number of hydrogen-bond donors (Lipinski definition) is 3. The first kappa shape index (κ1) is 15.9. The topological polar surface area (TPSA) is 70.2 Å². The molecule has 0 saturated heterocycles. The summed E-state index contributed by atoms with van der Waals surface area (Å²) in [7, 11) is 0. The van der Waals surface area contributed by atoms with Crippen molar-refractivity contribution in [2.24, 2.45) is 0 Å². The Morgan fingerprint density at radius 2 is 1.82 bits per heavy atom. The van der Waals surface area contributed by atoms with E-state index in [-0.39, 0.29) is 18.5 Å². The highest BCUT2D eigenvalue weighted by atomic mass is 16.2. The molecule has 0 radical (unpaired) electrons. The second-order valence-corrected chi connectivity index (χ2v) is 5.47. The van der Waals surface area contributed by atoms with Crippen LogP contribution in [0.5, 0.6) is 0 Å². The molecule has 22 heavy (non-hydrogen) atoms. The van der Waals surface area contributed by atoms with Gasteiger partial charge in [0.25, 0.3) is 0 Å². The van der Waals surface area contributed by atoms with Gasteiger partial charge in [0.05, 0.1) is 6.54 Å². The Morgan fingerprint density at radius 3 is 2.45 bits per heavy atom. The maximum atomic E-state index is 12.3. The van der Waals surface area contributed by atoms with E-state index in [0.29, 0.717) is 19.4 Å². The van der Waals surface area contributed by atoms with Crippen molar-refractivity contribution in [2.75, 3.05) is 6.54 Å². The van der Waals surface area contributed by atoms with Gasteiger partial charge in [0.1, 0.15) is 5.54 Å². The van der Waals surface area contributed by atoms with Crippen LogP contribution in [0.25, 0.3) is 0 Å². The lowest BCUT2D eigenvalue weighted by atomic mass is 9.96. The van der Waals surface area contributed by atoms with Crippen molar-refractivity contribution >= 4 is 11.9 Å². The Hall–Kier alpha value is -2.48. The molecule has 116 valence electrons. The summed E-state index contributed by atoms with van der Waals surface area (Å²) in [6.45, 7) is 0.600. The molecule has 1 aromatic carbocycles. The molecule has 1 aliphatic rings. The summed E-state index contributed by atoms with van der Waals surface area (Å²) in [6.07, 6.45) is 8.29. The molecular weight excluding hydrogens is 278 g/mol. The molecule has 0 unspecified atom stereocenters. The highest BCUT2D eigenvalue weighted by Crippen LogP contribution is 2.29. The minimum atomic E-state index is -0.836. The minimum Gasteiger partial charge on any atom is -0.343 e. The van der Waals surface area contributed by atoms with Crippen LogP contribution in [0, 0.1) is 12.3 Å². The number of benzene rings is 1. The fourth-order valence-electron chi connectivity index (χ4n) is 2.73. The fraction of sp³-hybridized carbons (Fsp3) is 0.412. The largest absolute Gasteiger partial charge is 0.343 e. The van der Waals surface area contributed by atoms with E-state index in [9.17, 15) is 9.59 Å². The monoisotopic (exact) mass is 299 g/mol. The van der Waals surface area contributed by atoms with E-state index in [1.165, 1.54) is 0 Å². The van der Waals surface area contributed by atoms with E-state index in [2.05, 4.69) is 21.9 Å². The third-order valence-corrected chi connectivity index (χ3v) is 3.89. The molecule has 3 amide bonds. The summed E-state index contributed by atoms with van der Waals surface area (Å²) in [6, 6.07) is 9.30. The summed E-state index contributed by atoms with van der Waals surface area (Å²) in [5, 5.41) is 8.31. The van der Waals surface area contributed by atoms with Crippen LogP contribution in [0.1, 0.15) is 31.2 Å². The molecule has 5 nitrogen and oxygen atoms in total. The van der Waals surface area contributed by atoms with Gasteiger partial charge in [-0.2, -0.15) is 0 Å². The van der Waals surface area contributed by atoms with Crippen LogP contribution in [0.15, 0.2) is 30.3 Å². The van der Waals surface area contributed by atoms with Gasteiger partial charge in [-0.3, -0.25) is 4.79 Å². The number of carbonyl (C=O) groups is 2. The van der Waals surface area contributed by atoms with Crippen molar-refractivity contribution in [3.8, 4) is 12.3 Å². The smallest absolute Gasteiger partial charge is 0.315 e. The zero-order valence-electron chi connectivity index (χ0n) is 12.5. The molecule has 3 N–H and O–H groups in total. The van der Waals surface area contributed by atoms with Gasteiger partial charge in [-0.25, -0.2) is 4.79 Å². The fourth-order valence-corrected chi connectivity index (χ4v) is 2.73. The van der Waals surface area contributed by atoms with Crippen LogP contribution in [0.3, 0.4) is 0 Å². The average molecular weight is 299 g/mol. The second kappa shape index (κ2) is 7.51. The lowest BCUT2D eigenvalue weighted by molar-refractivity contribution is -0.126. The van der Waals surface area contributed by atoms with Gasteiger partial charge in [-0.05, 0) is 18.4 Å². The Kier molecular flexibility index (Phi) is 5.42. The third kappa shape index (κ3) is 4.01. The highest BCUT2D eigenvalue weighted by molar-refractivity contribution is 5.91. The zero-order chi connectivity index (χ0) is 15.8. The SMILES string of the molecule is C#CCNC(=O)C1(NC(=O)NCc2ccccc2)CCCC1. The molecule has 0 spiro atoms. The number of amides is 3. The van der Waals surface area contributed by atoms with E-state index in [1.807, 2.05) is 30.3 Å². The van der Waals surface area contributed by atoms with Gasteiger partial charge in [0.15, 0.2) is 0 Å². The van der Waals surface area contributed by atoms with Gasteiger partial charge >= 0.3 is 6.03 Å². The van der Waals surface area contributed by atoms with Crippen LogP contribution >= 0.6 is 0 Å². The van der Waals surface area contributed by atoms with Gasteiger partial charge in [0.2, 0.25) is 5.91 Å². The molecule has 0 heterocycles. The highest BCUT2D eigenvalue weighted by Gasteiger charge is 2.42. The van der Waals surface area contributed by atoms with Crippen molar-refractivity contribution < 1.29 is 9.59 Å². The van der Waals surface area contributed by atoms with E-state index >= 15 is 0 Å². The number of rotatable bonds is 5. The minimum absolute atomic E-state index is 0.175. The molecule has 0 aromatic heterocycles. The van der Waals surface area contributed by atoms with Crippen LogP contribution in [0.2, 0.25) is 0 Å². The lowest BCUT2D eigenvalue weighted by Crippen LogP contribution is -2.59. The van der Waals surface area contributed by atoms with Crippen LogP contribution in [0.4, 0.5) is 4.79 Å². The molecule has 1 fully saturated rings. The van der Waals surface area contributed by atoms with Gasteiger partial charge in [-0.1, -0.05) is 49.1 Å². The normalized spacial score (nSPS) is 15.6. The zero-order valence-corrected chi connectivity index (χ0v) is 12.5. The average Bonchev–Trinajstić information content (AvgIpc) is 3.01. The lowest BCUT2D eigenvalue weighted by Gasteiger charge is -2.28. The molecule has 0 bridgehead atoms. The maximum absolute atomic E-state index is 12.3. The van der Waals surface area contributed by atoms with Gasteiger partial charge in [-0.15, -0.1) is 6.42 Å². The molecular formula is C17H21N3O2. The molecule has 0 atom stereocenters. The first-order valence-electron chi connectivity index (χ1n) is 7.48. The molecule has 1 saturated carbocycles. The second-order valence-electron chi connectivity index (χ2n) is 5.47. The van der Waals surface area contributed by atoms with Crippen LogP contribution < -0.4 is 16.0 Å². The van der Waals surface area contributed by atoms with Crippen molar-refractivity contribution in [3.63, 3.8) is 0 Å². The van der Waals surface area contributed by atoms with Crippen LogP contribution in [-0.4, -0.2) is 24.0 Å². The Bertz CT molecular complexity index is 557. The first-order valence-corrected chi connectivity index (χ1v) is 7.48. The Balaban J connectivity index is 1.92. The molecule has 2 rings (SSSR count). The standard InChI is InChI=1S/C17H21N3O2/c1-2-12-18-15(21)17(10-6-7-11-17)20-16(22)19-13-14-8-4-3-5-9-14/h1,3-5,8-9H,6-7,10-13H2,(H,18,21)(H2,19,20,22). The predicted octanol–water partition coefficient (Wildman–Crippen LogP) is 1.55. The van der Waals surface area contributed by atoms with Crippen molar-refractivity contribution in [1.82, 2.24) is 16.0 Å². The number of urea groups is 1. The quantitative estimate of drug-likeness (QED) is 0.722. The molecule has 1 aromatic rings.